The molecule has 1 unspecified atom stereocenters. The van der Waals surface area contributed by atoms with Crippen molar-refractivity contribution in [1.82, 2.24) is 19.4 Å². The topological polar surface area (TPSA) is 103 Å². The molecule has 0 spiro atoms. The molecule has 10 heteroatoms. The quantitative estimate of drug-likeness (QED) is 0.545. The third-order valence-electron chi connectivity index (χ3n) is 5.37. The SMILES string of the molecule is CC1(CN2CCCN(C(=O)OCc3ccccc3)CC2)Cn2cc([N+](=O)[O-])nc2O1. The fraction of sp³-hybridized carbons (Fsp3) is 0.500. The summed E-state index contributed by atoms with van der Waals surface area (Å²) in [5, 5.41) is 10.9. The Labute approximate surface area is 174 Å². The number of fused-ring (bicyclic) bond motifs is 1. The van der Waals surface area contributed by atoms with Crippen molar-refractivity contribution in [2.75, 3.05) is 32.7 Å². The van der Waals surface area contributed by atoms with Crippen LogP contribution < -0.4 is 4.74 Å². The Balaban J connectivity index is 1.27. The predicted molar refractivity (Wildman–Crippen MR) is 107 cm³/mol. The van der Waals surface area contributed by atoms with Gasteiger partial charge < -0.3 is 24.5 Å². The molecular formula is C20H25N5O5. The standard InChI is InChI=1S/C20H25N5O5/c1-20(15-24-12-17(25(27)28)21-18(24)30-20)14-22-8-5-9-23(11-10-22)19(26)29-13-16-6-3-2-4-7-16/h2-4,6-7,12H,5,8-11,13-15H2,1H3. The molecule has 1 amide bonds. The summed E-state index contributed by atoms with van der Waals surface area (Å²) in [6, 6.07) is 9.91. The Morgan fingerprint density at radius 1 is 1.27 bits per heavy atom. The smallest absolute Gasteiger partial charge is 0.415 e. The van der Waals surface area contributed by atoms with E-state index in [1.165, 1.54) is 6.20 Å². The summed E-state index contributed by atoms with van der Waals surface area (Å²) in [7, 11) is 0. The molecule has 0 saturated carbocycles. The number of carbonyl (C=O) groups is 1. The summed E-state index contributed by atoms with van der Waals surface area (Å²) in [6.07, 6.45) is 1.96. The van der Waals surface area contributed by atoms with Gasteiger partial charge in [0.15, 0.2) is 0 Å². The highest BCUT2D eigenvalue weighted by Gasteiger charge is 2.41. The van der Waals surface area contributed by atoms with Gasteiger partial charge in [0.25, 0.3) is 0 Å². The van der Waals surface area contributed by atoms with E-state index < -0.39 is 10.5 Å². The maximum atomic E-state index is 12.4. The van der Waals surface area contributed by atoms with Crippen LogP contribution in [-0.2, 0) is 17.9 Å². The Morgan fingerprint density at radius 3 is 2.80 bits per heavy atom. The summed E-state index contributed by atoms with van der Waals surface area (Å²) in [4.78, 5) is 30.7. The molecule has 0 bridgehead atoms. The first-order valence-corrected chi connectivity index (χ1v) is 10.0. The third-order valence-corrected chi connectivity index (χ3v) is 5.37. The molecule has 0 aliphatic carbocycles. The molecule has 1 aromatic heterocycles. The monoisotopic (exact) mass is 415 g/mol. The number of hydrogen-bond donors (Lipinski definition) is 0. The number of amides is 1. The molecule has 2 aromatic rings. The van der Waals surface area contributed by atoms with Crippen LogP contribution in [0.3, 0.4) is 0 Å². The highest BCUT2D eigenvalue weighted by Crippen LogP contribution is 2.31. The predicted octanol–water partition coefficient (Wildman–Crippen LogP) is 2.29. The minimum absolute atomic E-state index is 0.202. The number of nitro groups is 1. The van der Waals surface area contributed by atoms with Gasteiger partial charge >= 0.3 is 17.9 Å². The van der Waals surface area contributed by atoms with E-state index in [-0.39, 0.29) is 24.5 Å². The van der Waals surface area contributed by atoms with Crippen molar-refractivity contribution in [3.05, 3.63) is 52.2 Å². The summed E-state index contributed by atoms with van der Waals surface area (Å²) < 4.78 is 13.1. The van der Waals surface area contributed by atoms with Crippen LogP contribution in [0.2, 0.25) is 0 Å². The highest BCUT2D eigenvalue weighted by atomic mass is 16.6. The van der Waals surface area contributed by atoms with Crippen LogP contribution in [0.15, 0.2) is 36.5 Å². The first-order valence-electron chi connectivity index (χ1n) is 10.0. The number of aromatic nitrogens is 2. The molecule has 10 nitrogen and oxygen atoms in total. The summed E-state index contributed by atoms with van der Waals surface area (Å²) in [5.41, 5.74) is 0.451. The molecule has 160 valence electrons. The van der Waals surface area contributed by atoms with E-state index in [1.54, 1.807) is 9.47 Å². The molecule has 2 aliphatic heterocycles. The van der Waals surface area contributed by atoms with Crippen molar-refractivity contribution in [1.29, 1.82) is 0 Å². The van der Waals surface area contributed by atoms with Gasteiger partial charge in [-0.2, -0.15) is 0 Å². The second kappa shape index (κ2) is 8.31. The van der Waals surface area contributed by atoms with Crippen LogP contribution in [0.5, 0.6) is 6.01 Å². The van der Waals surface area contributed by atoms with Gasteiger partial charge in [0.2, 0.25) is 0 Å². The highest BCUT2D eigenvalue weighted by molar-refractivity contribution is 5.67. The normalized spacial score (nSPS) is 21.6. The minimum Gasteiger partial charge on any atom is -0.445 e. The Hall–Kier alpha value is -3.14. The molecule has 2 aliphatic rings. The molecule has 30 heavy (non-hydrogen) atoms. The number of ether oxygens (including phenoxy) is 2. The molecular weight excluding hydrogens is 390 g/mol. The van der Waals surface area contributed by atoms with Crippen molar-refractivity contribution >= 4 is 11.9 Å². The van der Waals surface area contributed by atoms with Gasteiger partial charge in [-0.25, -0.2) is 4.79 Å². The van der Waals surface area contributed by atoms with Crippen molar-refractivity contribution in [3.8, 4) is 6.01 Å². The van der Waals surface area contributed by atoms with Crippen molar-refractivity contribution < 1.29 is 19.2 Å². The Morgan fingerprint density at radius 2 is 2.07 bits per heavy atom. The zero-order valence-electron chi connectivity index (χ0n) is 16.9. The van der Waals surface area contributed by atoms with E-state index in [4.69, 9.17) is 9.47 Å². The number of carbonyl (C=O) groups excluding carboxylic acids is 1. The molecule has 0 radical (unpaired) electrons. The van der Waals surface area contributed by atoms with Gasteiger partial charge in [0.1, 0.15) is 18.4 Å². The van der Waals surface area contributed by atoms with E-state index in [0.717, 1.165) is 18.5 Å². The van der Waals surface area contributed by atoms with Crippen LogP contribution in [0, 0.1) is 10.1 Å². The Kier molecular flexibility index (Phi) is 5.58. The third kappa shape index (κ3) is 4.54. The van der Waals surface area contributed by atoms with E-state index in [2.05, 4.69) is 9.88 Å². The van der Waals surface area contributed by atoms with Gasteiger partial charge in [-0.15, -0.1) is 0 Å². The molecule has 1 atom stereocenters. The lowest BCUT2D eigenvalue weighted by Crippen LogP contribution is -2.46. The minimum atomic E-state index is -0.522. The van der Waals surface area contributed by atoms with Gasteiger partial charge in [0.05, 0.1) is 6.54 Å². The van der Waals surface area contributed by atoms with Crippen molar-refractivity contribution in [3.63, 3.8) is 0 Å². The number of hydrogen-bond acceptors (Lipinski definition) is 7. The molecule has 4 rings (SSSR count). The maximum Gasteiger partial charge on any atom is 0.415 e. The number of nitrogens with zero attached hydrogens (tertiary/aromatic N) is 5. The largest absolute Gasteiger partial charge is 0.445 e. The zero-order valence-corrected chi connectivity index (χ0v) is 16.9. The Bertz CT molecular complexity index is 892. The first kappa shape index (κ1) is 20.1. The molecule has 0 N–H and O–H groups in total. The second-order valence-electron chi connectivity index (χ2n) is 7.98. The first-order chi connectivity index (χ1) is 14.4. The second-order valence-corrected chi connectivity index (χ2v) is 7.98. The fourth-order valence-electron chi connectivity index (χ4n) is 3.96. The van der Waals surface area contributed by atoms with E-state index in [1.807, 2.05) is 37.3 Å². The average Bonchev–Trinajstić information content (AvgIpc) is 3.13. The number of benzene rings is 1. The van der Waals surface area contributed by atoms with Gasteiger partial charge in [-0.3, -0.25) is 9.47 Å². The van der Waals surface area contributed by atoms with Crippen LogP contribution in [0.1, 0.15) is 18.9 Å². The van der Waals surface area contributed by atoms with Gasteiger partial charge in [-0.05, 0) is 23.8 Å². The zero-order chi connectivity index (χ0) is 21.1. The summed E-state index contributed by atoms with van der Waals surface area (Å²) in [5.74, 6) is -0.202. The summed E-state index contributed by atoms with van der Waals surface area (Å²) >= 11 is 0. The molecule has 1 saturated heterocycles. The molecule has 3 heterocycles. The van der Waals surface area contributed by atoms with E-state index in [9.17, 15) is 14.9 Å². The lowest BCUT2D eigenvalue weighted by molar-refractivity contribution is -0.389. The van der Waals surface area contributed by atoms with Crippen molar-refractivity contribution in [2.45, 2.75) is 32.1 Å². The van der Waals surface area contributed by atoms with Crippen LogP contribution >= 0.6 is 0 Å². The van der Waals surface area contributed by atoms with Crippen LogP contribution in [0.4, 0.5) is 10.6 Å². The molecule has 1 fully saturated rings. The van der Waals surface area contributed by atoms with Crippen molar-refractivity contribution in [2.24, 2.45) is 0 Å². The fourth-order valence-corrected chi connectivity index (χ4v) is 3.96. The van der Waals surface area contributed by atoms with E-state index in [0.29, 0.717) is 32.7 Å². The lowest BCUT2D eigenvalue weighted by Gasteiger charge is -2.30. The molecule has 1 aromatic carbocycles. The maximum absolute atomic E-state index is 12.4. The van der Waals surface area contributed by atoms with Crippen LogP contribution in [0.25, 0.3) is 0 Å². The summed E-state index contributed by atoms with van der Waals surface area (Å²) in [6.45, 7) is 6.17. The van der Waals surface area contributed by atoms with Gasteiger partial charge in [-0.1, -0.05) is 30.3 Å². The van der Waals surface area contributed by atoms with Gasteiger partial charge in [0, 0.05) is 37.7 Å². The van der Waals surface area contributed by atoms with Crippen LogP contribution in [-0.4, -0.2) is 68.7 Å². The number of rotatable bonds is 5. The number of imidazole rings is 1. The van der Waals surface area contributed by atoms with E-state index >= 15 is 0 Å². The lowest BCUT2D eigenvalue weighted by atomic mass is 10.1. The average molecular weight is 415 g/mol.